The number of phenols is 2. The van der Waals surface area contributed by atoms with Crippen LogP contribution in [-0.4, -0.2) is 10.2 Å². The summed E-state index contributed by atoms with van der Waals surface area (Å²) in [5.41, 5.74) is 19.9. The highest BCUT2D eigenvalue weighted by atomic mass is 16.3. The topological polar surface area (TPSA) is 119 Å². The number of hydrogen-bond acceptors (Lipinski definition) is 5. The van der Waals surface area contributed by atoms with Crippen molar-refractivity contribution >= 4 is 17.1 Å². The molecule has 0 saturated heterocycles. The maximum Gasteiger partial charge on any atom is 0.119 e. The molecule has 5 nitrogen and oxygen atoms in total. The Morgan fingerprint density at radius 1 is 0.583 bits per heavy atom. The number of rotatable bonds is 2. The number of nitrogens with two attached hydrogens (primary N) is 3. The van der Waals surface area contributed by atoms with Crippen LogP contribution in [0.3, 0.4) is 0 Å². The SMILES string of the molecule is Nc1ccc(O)c(Cc2cc(N)ccc2O)c1.Nc1ccccc1. The molecule has 0 atom stereocenters. The zero-order chi connectivity index (χ0) is 17.5. The number of para-hydroxylation sites is 1. The fourth-order valence-electron chi connectivity index (χ4n) is 2.15. The fourth-order valence-corrected chi connectivity index (χ4v) is 2.15. The van der Waals surface area contributed by atoms with Crippen molar-refractivity contribution in [1.82, 2.24) is 0 Å². The van der Waals surface area contributed by atoms with Crippen LogP contribution in [0.25, 0.3) is 0 Å². The summed E-state index contributed by atoms with van der Waals surface area (Å²) in [5, 5.41) is 19.4. The average Bonchev–Trinajstić information content (AvgIpc) is 2.56. The molecule has 8 N–H and O–H groups in total. The molecule has 0 amide bonds. The van der Waals surface area contributed by atoms with E-state index in [2.05, 4.69) is 0 Å². The van der Waals surface area contributed by atoms with Gasteiger partial charge in [-0.1, -0.05) is 18.2 Å². The Hall–Kier alpha value is -3.34. The van der Waals surface area contributed by atoms with E-state index in [0.717, 1.165) is 5.69 Å². The van der Waals surface area contributed by atoms with Crippen LogP contribution in [0.4, 0.5) is 17.1 Å². The van der Waals surface area contributed by atoms with Gasteiger partial charge in [0.1, 0.15) is 11.5 Å². The smallest absolute Gasteiger partial charge is 0.119 e. The van der Waals surface area contributed by atoms with Gasteiger partial charge in [0, 0.05) is 34.6 Å². The van der Waals surface area contributed by atoms with Gasteiger partial charge in [0.15, 0.2) is 0 Å². The molecule has 3 rings (SSSR count). The monoisotopic (exact) mass is 323 g/mol. The summed E-state index contributed by atoms with van der Waals surface area (Å²) < 4.78 is 0. The first-order chi connectivity index (χ1) is 11.5. The molecule has 24 heavy (non-hydrogen) atoms. The second-order valence-corrected chi connectivity index (χ2v) is 5.36. The van der Waals surface area contributed by atoms with E-state index in [-0.39, 0.29) is 11.5 Å². The molecule has 3 aromatic carbocycles. The van der Waals surface area contributed by atoms with Crippen molar-refractivity contribution in [2.45, 2.75) is 6.42 Å². The van der Waals surface area contributed by atoms with Crippen LogP contribution in [-0.2, 0) is 6.42 Å². The first-order valence-corrected chi connectivity index (χ1v) is 7.41. The number of benzene rings is 3. The fraction of sp³-hybridized carbons (Fsp3) is 0.0526. The molecular weight excluding hydrogens is 302 g/mol. The maximum atomic E-state index is 9.69. The van der Waals surface area contributed by atoms with Gasteiger partial charge in [-0.3, -0.25) is 0 Å². The summed E-state index contributed by atoms with van der Waals surface area (Å²) in [6.45, 7) is 0. The first-order valence-electron chi connectivity index (χ1n) is 7.41. The van der Waals surface area contributed by atoms with Crippen LogP contribution in [0.5, 0.6) is 11.5 Å². The van der Waals surface area contributed by atoms with Gasteiger partial charge < -0.3 is 27.4 Å². The number of nitrogen functional groups attached to an aromatic ring is 3. The van der Waals surface area contributed by atoms with E-state index in [0.29, 0.717) is 28.9 Å². The minimum atomic E-state index is 0.154. The van der Waals surface area contributed by atoms with Crippen LogP contribution >= 0.6 is 0 Å². The molecule has 0 aliphatic heterocycles. The second kappa shape index (κ2) is 7.78. The molecule has 0 bridgehead atoms. The van der Waals surface area contributed by atoms with Crippen molar-refractivity contribution in [3.05, 3.63) is 77.9 Å². The van der Waals surface area contributed by atoms with Gasteiger partial charge in [-0.05, 0) is 48.5 Å². The summed E-state index contributed by atoms with van der Waals surface area (Å²) in [4.78, 5) is 0. The summed E-state index contributed by atoms with van der Waals surface area (Å²) in [7, 11) is 0. The molecule has 0 aliphatic carbocycles. The second-order valence-electron chi connectivity index (χ2n) is 5.36. The minimum absolute atomic E-state index is 0.154. The van der Waals surface area contributed by atoms with Gasteiger partial charge >= 0.3 is 0 Å². The van der Waals surface area contributed by atoms with Gasteiger partial charge in [0.05, 0.1) is 0 Å². The molecule has 0 saturated carbocycles. The van der Waals surface area contributed by atoms with Crippen LogP contribution in [0.1, 0.15) is 11.1 Å². The lowest BCUT2D eigenvalue weighted by Gasteiger charge is -2.08. The summed E-state index contributed by atoms with van der Waals surface area (Å²) in [6.07, 6.45) is 0.383. The van der Waals surface area contributed by atoms with Crippen molar-refractivity contribution in [1.29, 1.82) is 0 Å². The van der Waals surface area contributed by atoms with Gasteiger partial charge in [0.25, 0.3) is 0 Å². The zero-order valence-corrected chi connectivity index (χ0v) is 13.2. The summed E-state index contributed by atoms with van der Waals surface area (Å²) in [6, 6.07) is 19.2. The Kier molecular flexibility index (Phi) is 5.52. The molecule has 0 fully saturated rings. The molecule has 0 radical (unpaired) electrons. The van der Waals surface area contributed by atoms with Gasteiger partial charge in [-0.2, -0.15) is 0 Å². The lowest BCUT2D eigenvalue weighted by Crippen LogP contribution is -1.94. The Balaban J connectivity index is 0.000000249. The number of hydrogen-bond donors (Lipinski definition) is 5. The molecule has 124 valence electrons. The third-order valence-corrected chi connectivity index (χ3v) is 3.39. The zero-order valence-electron chi connectivity index (χ0n) is 13.2. The van der Waals surface area contributed by atoms with E-state index in [1.807, 2.05) is 30.3 Å². The van der Waals surface area contributed by atoms with Crippen LogP contribution in [0.15, 0.2) is 66.7 Å². The van der Waals surface area contributed by atoms with E-state index in [4.69, 9.17) is 17.2 Å². The van der Waals surface area contributed by atoms with Crippen LogP contribution in [0, 0.1) is 0 Å². The predicted molar refractivity (Wildman–Crippen MR) is 98.7 cm³/mol. The van der Waals surface area contributed by atoms with E-state index < -0.39 is 0 Å². The third kappa shape index (κ3) is 4.84. The van der Waals surface area contributed by atoms with E-state index >= 15 is 0 Å². The first kappa shape index (κ1) is 17.0. The third-order valence-electron chi connectivity index (χ3n) is 3.39. The van der Waals surface area contributed by atoms with Crippen molar-refractivity contribution in [2.75, 3.05) is 17.2 Å². The lowest BCUT2D eigenvalue weighted by molar-refractivity contribution is 0.463. The molecule has 0 aliphatic rings. The predicted octanol–water partition coefficient (Wildman–Crippen LogP) is 3.12. The van der Waals surface area contributed by atoms with E-state index in [9.17, 15) is 10.2 Å². The highest BCUT2D eigenvalue weighted by molar-refractivity contribution is 5.53. The highest BCUT2D eigenvalue weighted by Crippen LogP contribution is 2.27. The molecule has 3 aromatic rings. The average molecular weight is 323 g/mol. The van der Waals surface area contributed by atoms with Crippen molar-refractivity contribution in [2.24, 2.45) is 0 Å². The minimum Gasteiger partial charge on any atom is -0.508 e. The van der Waals surface area contributed by atoms with E-state index in [1.165, 1.54) is 12.1 Å². The highest BCUT2D eigenvalue weighted by Gasteiger charge is 2.07. The Morgan fingerprint density at radius 3 is 1.42 bits per heavy atom. The molecule has 0 heterocycles. The standard InChI is InChI=1S/C13H14N2O2.C6H7N/c14-10-1-3-12(16)8(6-10)5-9-7-11(15)2-4-13(9)17;7-6-4-2-1-3-5-6/h1-4,6-7,16-17H,5,14-15H2;1-5H,7H2. The van der Waals surface area contributed by atoms with Gasteiger partial charge in [0.2, 0.25) is 0 Å². The van der Waals surface area contributed by atoms with Gasteiger partial charge in [-0.15, -0.1) is 0 Å². The largest absolute Gasteiger partial charge is 0.508 e. The van der Waals surface area contributed by atoms with Crippen LogP contribution < -0.4 is 17.2 Å². The normalized spacial score (nSPS) is 9.83. The molecule has 0 unspecified atom stereocenters. The molecular formula is C19H21N3O2. The quantitative estimate of drug-likeness (QED) is 0.367. The summed E-state index contributed by atoms with van der Waals surface area (Å²) in [5.74, 6) is 0.307. The molecule has 5 heteroatoms. The van der Waals surface area contributed by atoms with Crippen molar-refractivity contribution in [3.8, 4) is 11.5 Å². The van der Waals surface area contributed by atoms with E-state index in [1.54, 1.807) is 24.3 Å². The van der Waals surface area contributed by atoms with Gasteiger partial charge in [-0.25, -0.2) is 0 Å². The van der Waals surface area contributed by atoms with Crippen molar-refractivity contribution < 1.29 is 10.2 Å². The van der Waals surface area contributed by atoms with Crippen molar-refractivity contribution in [3.63, 3.8) is 0 Å². The summed E-state index contributed by atoms with van der Waals surface area (Å²) >= 11 is 0. The lowest BCUT2D eigenvalue weighted by atomic mass is 10.0. The number of phenolic OH excluding ortho intramolecular Hbond substituents is 2. The molecule has 0 spiro atoms. The molecule has 0 aromatic heterocycles. The van der Waals surface area contributed by atoms with Crippen LogP contribution in [0.2, 0.25) is 0 Å². The Labute approximate surface area is 141 Å². The number of aromatic hydroxyl groups is 2. The number of anilines is 3. The Bertz CT molecular complexity index is 755. The maximum absolute atomic E-state index is 9.69. The Morgan fingerprint density at radius 2 is 1.04 bits per heavy atom.